The number of nitrogens with zero attached hydrogens (tertiary/aromatic N) is 6. The minimum absolute atomic E-state index is 0.0194. The van der Waals surface area contributed by atoms with E-state index in [0.29, 0.717) is 17.4 Å². The SMILES string of the molecule is O=C(NCc1ccc(Cl)cc1)C1CCN(c2ccc(-n3cncn3)nn2)CC1. The molecule has 0 spiro atoms. The zero-order valence-electron chi connectivity index (χ0n) is 15.2. The summed E-state index contributed by atoms with van der Waals surface area (Å²) in [7, 11) is 0. The van der Waals surface area contributed by atoms with E-state index in [4.69, 9.17) is 11.6 Å². The quantitative estimate of drug-likeness (QED) is 0.710. The number of hydrogen-bond donors (Lipinski definition) is 1. The molecule has 8 nitrogen and oxygen atoms in total. The first kappa shape index (κ1) is 18.4. The molecule has 0 saturated carbocycles. The number of carbonyl (C=O) groups excluding carboxylic acids is 1. The summed E-state index contributed by atoms with van der Waals surface area (Å²) in [6.07, 6.45) is 4.62. The predicted octanol–water partition coefficient (Wildman–Crippen LogP) is 2.24. The van der Waals surface area contributed by atoms with Gasteiger partial charge in [-0.25, -0.2) is 9.67 Å². The maximum atomic E-state index is 12.5. The van der Waals surface area contributed by atoms with Crippen LogP contribution in [0.2, 0.25) is 5.02 Å². The molecule has 0 radical (unpaired) electrons. The van der Waals surface area contributed by atoms with E-state index < -0.39 is 0 Å². The maximum Gasteiger partial charge on any atom is 0.223 e. The molecule has 4 rings (SSSR count). The van der Waals surface area contributed by atoms with Crippen LogP contribution in [0.3, 0.4) is 0 Å². The predicted molar refractivity (Wildman–Crippen MR) is 105 cm³/mol. The zero-order valence-corrected chi connectivity index (χ0v) is 16.0. The Kier molecular flexibility index (Phi) is 5.48. The zero-order chi connectivity index (χ0) is 19.3. The first-order valence-corrected chi connectivity index (χ1v) is 9.53. The summed E-state index contributed by atoms with van der Waals surface area (Å²) in [4.78, 5) is 18.5. The van der Waals surface area contributed by atoms with Gasteiger partial charge in [-0.15, -0.1) is 10.2 Å². The van der Waals surface area contributed by atoms with Crippen molar-refractivity contribution in [2.24, 2.45) is 5.92 Å². The van der Waals surface area contributed by atoms with E-state index >= 15 is 0 Å². The van der Waals surface area contributed by atoms with Gasteiger partial charge in [-0.3, -0.25) is 4.79 Å². The molecule has 0 unspecified atom stereocenters. The number of hydrogen-bond acceptors (Lipinski definition) is 6. The average Bonchev–Trinajstić information content (AvgIpc) is 3.28. The van der Waals surface area contributed by atoms with Crippen molar-refractivity contribution in [1.29, 1.82) is 0 Å². The second-order valence-electron chi connectivity index (χ2n) is 6.70. The monoisotopic (exact) mass is 397 g/mol. The van der Waals surface area contributed by atoms with E-state index in [1.54, 1.807) is 11.0 Å². The molecule has 1 aliphatic rings. The van der Waals surface area contributed by atoms with Crippen molar-refractivity contribution in [3.63, 3.8) is 0 Å². The first-order valence-electron chi connectivity index (χ1n) is 9.15. The summed E-state index contributed by atoms with van der Waals surface area (Å²) in [5.41, 5.74) is 1.04. The molecule has 3 aromatic rings. The summed E-state index contributed by atoms with van der Waals surface area (Å²) in [5, 5.41) is 16.2. The molecule has 1 fully saturated rings. The van der Waals surface area contributed by atoms with Crippen LogP contribution in [0.25, 0.3) is 5.82 Å². The molecule has 1 N–H and O–H groups in total. The lowest BCUT2D eigenvalue weighted by Crippen LogP contribution is -2.40. The number of rotatable bonds is 5. The second-order valence-corrected chi connectivity index (χ2v) is 7.13. The fraction of sp³-hybridized carbons (Fsp3) is 0.316. The minimum Gasteiger partial charge on any atom is -0.355 e. The molecular formula is C19H20ClN7O. The van der Waals surface area contributed by atoms with Gasteiger partial charge in [-0.1, -0.05) is 23.7 Å². The van der Waals surface area contributed by atoms with Crippen molar-refractivity contribution < 1.29 is 4.79 Å². The molecule has 0 atom stereocenters. The van der Waals surface area contributed by atoms with Gasteiger partial charge in [-0.2, -0.15) is 5.10 Å². The first-order chi connectivity index (χ1) is 13.7. The Balaban J connectivity index is 1.28. The summed E-state index contributed by atoms with van der Waals surface area (Å²) in [6, 6.07) is 11.3. The summed E-state index contributed by atoms with van der Waals surface area (Å²) in [5.74, 6) is 1.55. The van der Waals surface area contributed by atoms with Crippen molar-refractivity contribution in [2.75, 3.05) is 18.0 Å². The Morgan fingerprint density at radius 2 is 1.79 bits per heavy atom. The molecule has 2 aromatic heterocycles. The van der Waals surface area contributed by atoms with Gasteiger partial charge in [-0.05, 0) is 42.7 Å². The van der Waals surface area contributed by atoms with Gasteiger partial charge in [0.15, 0.2) is 11.6 Å². The Morgan fingerprint density at radius 1 is 1.07 bits per heavy atom. The van der Waals surface area contributed by atoms with Crippen molar-refractivity contribution in [3.05, 3.63) is 59.6 Å². The normalized spacial score (nSPS) is 14.8. The molecular weight excluding hydrogens is 378 g/mol. The maximum absolute atomic E-state index is 12.5. The highest BCUT2D eigenvalue weighted by Crippen LogP contribution is 2.22. The van der Waals surface area contributed by atoms with Crippen LogP contribution < -0.4 is 10.2 Å². The van der Waals surface area contributed by atoms with Gasteiger partial charge in [0.05, 0.1) is 0 Å². The van der Waals surface area contributed by atoms with Crippen LogP contribution in [0, 0.1) is 5.92 Å². The highest BCUT2D eigenvalue weighted by Gasteiger charge is 2.25. The van der Waals surface area contributed by atoms with E-state index in [1.165, 1.54) is 6.33 Å². The number of benzene rings is 1. The summed E-state index contributed by atoms with van der Waals surface area (Å²) in [6.45, 7) is 2.07. The molecule has 0 bridgehead atoms. The molecule has 1 aliphatic heterocycles. The highest BCUT2D eigenvalue weighted by atomic mass is 35.5. The fourth-order valence-electron chi connectivity index (χ4n) is 3.24. The fourth-order valence-corrected chi connectivity index (χ4v) is 3.37. The third kappa shape index (κ3) is 4.28. The average molecular weight is 398 g/mol. The minimum atomic E-state index is 0.0194. The largest absolute Gasteiger partial charge is 0.355 e. The summed E-state index contributed by atoms with van der Waals surface area (Å²) >= 11 is 5.89. The lowest BCUT2D eigenvalue weighted by molar-refractivity contribution is -0.125. The Hall–Kier alpha value is -3.00. The van der Waals surface area contributed by atoms with Gasteiger partial charge < -0.3 is 10.2 Å². The third-order valence-corrected chi connectivity index (χ3v) is 5.11. The Morgan fingerprint density at radius 3 is 2.43 bits per heavy atom. The van der Waals surface area contributed by atoms with E-state index in [1.807, 2.05) is 36.4 Å². The molecule has 9 heteroatoms. The molecule has 1 aromatic carbocycles. The van der Waals surface area contributed by atoms with Crippen molar-refractivity contribution >= 4 is 23.3 Å². The number of nitrogens with one attached hydrogen (secondary N) is 1. The highest BCUT2D eigenvalue weighted by molar-refractivity contribution is 6.30. The van der Waals surface area contributed by atoms with Gasteiger partial charge >= 0.3 is 0 Å². The van der Waals surface area contributed by atoms with Crippen LogP contribution in [0.5, 0.6) is 0 Å². The third-order valence-electron chi connectivity index (χ3n) is 4.86. The summed E-state index contributed by atoms with van der Waals surface area (Å²) < 4.78 is 1.56. The van der Waals surface area contributed by atoms with Crippen molar-refractivity contribution in [2.45, 2.75) is 19.4 Å². The Labute approximate surface area is 167 Å². The number of aromatic nitrogens is 5. The van der Waals surface area contributed by atoms with E-state index in [0.717, 1.165) is 37.3 Å². The van der Waals surface area contributed by atoms with Crippen LogP contribution in [0.1, 0.15) is 18.4 Å². The van der Waals surface area contributed by atoms with Gasteiger partial charge in [0, 0.05) is 30.6 Å². The number of piperidine rings is 1. The van der Waals surface area contributed by atoms with E-state index in [2.05, 4.69) is 30.5 Å². The van der Waals surface area contributed by atoms with Gasteiger partial charge in [0.25, 0.3) is 0 Å². The number of halogens is 1. The smallest absolute Gasteiger partial charge is 0.223 e. The van der Waals surface area contributed by atoms with Crippen LogP contribution in [-0.2, 0) is 11.3 Å². The topological polar surface area (TPSA) is 88.8 Å². The van der Waals surface area contributed by atoms with Crippen molar-refractivity contribution in [3.8, 4) is 5.82 Å². The van der Waals surface area contributed by atoms with Gasteiger partial charge in [0.1, 0.15) is 12.7 Å². The molecule has 1 saturated heterocycles. The second kappa shape index (κ2) is 8.35. The molecule has 144 valence electrons. The van der Waals surface area contributed by atoms with E-state index in [-0.39, 0.29) is 11.8 Å². The lowest BCUT2D eigenvalue weighted by atomic mass is 9.96. The standard InChI is InChI=1S/C19H20ClN7O/c20-16-3-1-14(2-4-16)11-22-19(28)15-7-9-26(10-8-15)17-5-6-18(25-24-17)27-13-21-12-23-27/h1-6,12-13,15H,7-11H2,(H,22,28). The van der Waals surface area contributed by atoms with Gasteiger partial charge in [0.2, 0.25) is 5.91 Å². The van der Waals surface area contributed by atoms with Crippen molar-refractivity contribution in [1.82, 2.24) is 30.3 Å². The molecule has 0 aliphatic carbocycles. The number of amides is 1. The molecule has 28 heavy (non-hydrogen) atoms. The van der Waals surface area contributed by atoms with Crippen LogP contribution >= 0.6 is 11.6 Å². The lowest BCUT2D eigenvalue weighted by Gasteiger charge is -2.31. The Bertz CT molecular complexity index is 904. The number of carbonyl (C=O) groups is 1. The van der Waals surface area contributed by atoms with Crippen LogP contribution in [-0.4, -0.2) is 44.0 Å². The molecule has 3 heterocycles. The number of anilines is 1. The van der Waals surface area contributed by atoms with Crippen LogP contribution in [0.4, 0.5) is 5.82 Å². The van der Waals surface area contributed by atoms with Crippen LogP contribution in [0.15, 0.2) is 49.1 Å². The molecule has 1 amide bonds. The van der Waals surface area contributed by atoms with E-state index in [9.17, 15) is 4.79 Å².